The predicted octanol–water partition coefficient (Wildman–Crippen LogP) is 2.42. The van der Waals surface area contributed by atoms with Gasteiger partial charge in [0.2, 0.25) is 15.9 Å². The second-order valence-electron chi connectivity index (χ2n) is 8.78. The maximum atomic E-state index is 15.3. The number of halogens is 1. The molecule has 0 radical (unpaired) electrons. The second-order valence-corrected chi connectivity index (χ2v) is 10.7. The highest BCUT2D eigenvalue weighted by Crippen LogP contribution is 2.39. The van der Waals surface area contributed by atoms with E-state index in [1.807, 2.05) is 6.92 Å². The van der Waals surface area contributed by atoms with E-state index in [4.69, 9.17) is 14.1 Å². The molecule has 1 aliphatic carbocycles. The van der Waals surface area contributed by atoms with Crippen molar-refractivity contribution in [1.82, 2.24) is 9.98 Å². The van der Waals surface area contributed by atoms with Crippen molar-refractivity contribution in [2.75, 3.05) is 26.0 Å². The van der Waals surface area contributed by atoms with Gasteiger partial charge in [0.05, 0.1) is 31.0 Å². The number of methoxy groups -OCH3 is 2. The van der Waals surface area contributed by atoms with Crippen molar-refractivity contribution >= 4 is 33.0 Å². The molecule has 1 heterocycles. The molecule has 0 spiro atoms. The third-order valence-electron chi connectivity index (χ3n) is 6.30. The summed E-state index contributed by atoms with van der Waals surface area (Å²) in [5.41, 5.74) is 2.95. The minimum absolute atomic E-state index is 0.0650. The lowest BCUT2D eigenvalue weighted by Gasteiger charge is -2.15. The van der Waals surface area contributed by atoms with Crippen LogP contribution in [0.1, 0.15) is 42.9 Å². The van der Waals surface area contributed by atoms with Gasteiger partial charge in [-0.3, -0.25) is 9.52 Å². The average molecular weight is 503 g/mol. The quantitative estimate of drug-likeness (QED) is 0.539. The van der Waals surface area contributed by atoms with Crippen LogP contribution in [-0.2, 0) is 21.2 Å². The van der Waals surface area contributed by atoms with Crippen LogP contribution >= 0.6 is 0 Å². The lowest BCUT2D eigenvalue weighted by Crippen LogP contribution is -2.26. The molecule has 4 rings (SSSR count). The fourth-order valence-electron chi connectivity index (χ4n) is 4.18. The SMILES string of the molecule is CNC(=O)CC1=[N+]=C(c2ccc(NS(=O)(=O)C3CC3)cc2)c2c(c(F)cc(OC)c2OC)CC1C. The van der Waals surface area contributed by atoms with Gasteiger partial charge in [0.1, 0.15) is 17.8 Å². The summed E-state index contributed by atoms with van der Waals surface area (Å²) in [4.78, 5) is 12.2. The van der Waals surface area contributed by atoms with Gasteiger partial charge in [0, 0.05) is 24.4 Å². The van der Waals surface area contributed by atoms with E-state index in [0.29, 0.717) is 58.8 Å². The van der Waals surface area contributed by atoms with Crippen LogP contribution < -0.4 is 24.2 Å². The van der Waals surface area contributed by atoms with Gasteiger partial charge in [0.25, 0.3) is 5.71 Å². The molecule has 0 saturated heterocycles. The van der Waals surface area contributed by atoms with Crippen molar-refractivity contribution in [3.8, 4) is 11.5 Å². The molecule has 2 aromatic carbocycles. The number of nitrogens with zero attached hydrogens (tertiary/aromatic N) is 1. The second kappa shape index (κ2) is 9.71. The van der Waals surface area contributed by atoms with Gasteiger partial charge >= 0.3 is 5.71 Å². The van der Waals surface area contributed by atoms with Crippen LogP contribution in [0.3, 0.4) is 0 Å². The van der Waals surface area contributed by atoms with Gasteiger partial charge in [-0.1, -0.05) is 11.6 Å². The highest BCUT2D eigenvalue weighted by Gasteiger charge is 2.38. The number of anilines is 1. The van der Waals surface area contributed by atoms with Crippen LogP contribution in [0, 0.1) is 11.7 Å². The van der Waals surface area contributed by atoms with E-state index in [1.54, 1.807) is 31.3 Å². The zero-order chi connectivity index (χ0) is 25.3. The Morgan fingerprint density at radius 2 is 1.86 bits per heavy atom. The Morgan fingerprint density at radius 1 is 1.17 bits per heavy atom. The Bertz CT molecular complexity index is 1330. The van der Waals surface area contributed by atoms with Gasteiger partial charge in [-0.25, -0.2) is 12.8 Å². The summed E-state index contributed by atoms with van der Waals surface area (Å²) in [6, 6.07) is 8.03. The lowest BCUT2D eigenvalue weighted by molar-refractivity contribution is -0.119. The van der Waals surface area contributed by atoms with Gasteiger partial charge in [-0.15, -0.1) is 0 Å². The van der Waals surface area contributed by atoms with Crippen LogP contribution in [0.15, 0.2) is 30.3 Å². The van der Waals surface area contributed by atoms with E-state index in [2.05, 4.69) is 10.0 Å². The smallest absolute Gasteiger partial charge is 0.345 e. The Balaban J connectivity index is 1.89. The third-order valence-corrected chi connectivity index (χ3v) is 8.17. The zero-order valence-corrected chi connectivity index (χ0v) is 21.0. The van der Waals surface area contributed by atoms with Crippen LogP contribution in [0.4, 0.5) is 10.1 Å². The molecule has 2 N–H and O–H groups in total. The first-order valence-electron chi connectivity index (χ1n) is 11.4. The minimum atomic E-state index is -3.41. The van der Waals surface area contributed by atoms with Crippen molar-refractivity contribution in [2.24, 2.45) is 5.92 Å². The normalized spacial score (nSPS) is 17.5. The Labute approximate surface area is 204 Å². The molecule has 186 valence electrons. The maximum absolute atomic E-state index is 15.3. The van der Waals surface area contributed by atoms with Crippen molar-refractivity contribution in [1.29, 1.82) is 0 Å². The molecule has 1 atom stereocenters. The van der Waals surface area contributed by atoms with Crippen LogP contribution in [-0.4, -0.2) is 52.3 Å². The molecular formula is C25H29FN3O5S+. The van der Waals surface area contributed by atoms with Gasteiger partial charge in [0.15, 0.2) is 11.5 Å². The summed E-state index contributed by atoms with van der Waals surface area (Å²) < 4.78 is 58.4. The number of nitrogens with one attached hydrogen (secondary N) is 2. The van der Waals surface area contributed by atoms with E-state index in [9.17, 15) is 13.2 Å². The number of hydrogen-bond donors (Lipinski definition) is 2. The van der Waals surface area contributed by atoms with Crippen LogP contribution in [0.25, 0.3) is 0 Å². The van der Waals surface area contributed by atoms with Crippen molar-refractivity contribution in [2.45, 2.75) is 37.9 Å². The fourth-order valence-corrected chi connectivity index (χ4v) is 5.57. The standard InChI is InChI=1S/C25H28FN3O5S/c1-14-11-18-19(26)12-21(33-3)25(34-4)23(18)24(28-20(14)13-22(30)27-2)15-5-7-16(8-6-15)29-35(31,32)17-9-10-17/h5-8,12,14,17H,9-11,13H2,1-4H3,(H,27,30)/p+1. The number of rotatable bonds is 8. The number of hydrogen-bond acceptors (Lipinski definition) is 5. The molecule has 35 heavy (non-hydrogen) atoms. The molecule has 1 aliphatic heterocycles. The number of carbonyl (C=O) groups is 1. The molecule has 1 amide bonds. The van der Waals surface area contributed by atoms with E-state index in [0.717, 1.165) is 0 Å². The lowest BCUT2D eigenvalue weighted by atomic mass is 9.89. The summed E-state index contributed by atoms with van der Waals surface area (Å²) in [6.07, 6.45) is 1.71. The summed E-state index contributed by atoms with van der Waals surface area (Å²) in [5.74, 6) is -0.286. The van der Waals surface area contributed by atoms with E-state index in [-0.39, 0.29) is 29.2 Å². The van der Waals surface area contributed by atoms with E-state index in [1.165, 1.54) is 20.3 Å². The van der Waals surface area contributed by atoms with Crippen molar-refractivity contribution in [3.05, 3.63) is 52.8 Å². The first kappa shape index (κ1) is 24.8. The third kappa shape index (κ3) is 5.04. The first-order chi connectivity index (χ1) is 16.7. The van der Waals surface area contributed by atoms with Gasteiger partial charge < -0.3 is 14.8 Å². The maximum Gasteiger partial charge on any atom is 0.345 e. The molecule has 1 saturated carbocycles. The highest BCUT2D eigenvalue weighted by atomic mass is 32.2. The van der Waals surface area contributed by atoms with Crippen molar-refractivity contribution in [3.63, 3.8) is 0 Å². The summed E-state index contributed by atoms with van der Waals surface area (Å²) in [5, 5.41) is 2.27. The van der Waals surface area contributed by atoms with Gasteiger partial charge in [-0.2, -0.15) is 0 Å². The molecule has 1 fully saturated rings. The Morgan fingerprint density at radius 3 is 2.43 bits per heavy atom. The minimum Gasteiger partial charge on any atom is -0.493 e. The molecule has 0 bridgehead atoms. The fraction of sp³-hybridized carbons (Fsp3) is 0.400. The topological polar surface area (TPSA) is 108 Å². The highest BCUT2D eigenvalue weighted by molar-refractivity contribution is 7.93. The first-order valence-corrected chi connectivity index (χ1v) is 12.9. The van der Waals surface area contributed by atoms with Crippen molar-refractivity contribution < 1.29 is 27.1 Å². The summed E-state index contributed by atoms with van der Waals surface area (Å²) in [6.45, 7) is 1.90. The number of benzene rings is 2. The van der Waals surface area contributed by atoms with Crippen LogP contribution in [0.5, 0.6) is 11.5 Å². The monoisotopic (exact) mass is 502 g/mol. The van der Waals surface area contributed by atoms with Crippen LogP contribution in [0.2, 0.25) is 0 Å². The number of carbonyl (C=O) groups excluding carboxylic acids is 1. The number of sulfonamides is 1. The number of ether oxygens (including phenoxy) is 2. The average Bonchev–Trinajstić information content (AvgIpc) is 3.69. The van der Waals surface area contributed by atoms with E-state index < -0.39 is 15.8 Å². The van der Waals surface area contributed by atoms with Gasteiger partial charge in [-0.05, 0) is 43.5 Å². The molecule has 0 aromatic heterocycles. The molecule has 10 heteroatoms. The number of fused-ring (bicyclic) bond motifs is 1. The largest absolute Gasteiger partial charge is 0.493 e. The Hall–Kier alpha value is -3.36. The molecule has 1 unspecified atom stereocenters. The molecular weight excluding hydrogens is 473 g/mol. The predicted molar refractivity (Wildman–Crippen MR) is 133 cm³/mol. The summed E-state index contributed by atoms with van der Waals surface area (Å²) >= 11 is 0. The Kier molecular flexibility index (Phi) is 6.87. The summed E-state index contributed by atoms with van der Waals surface area (Å²) in [7, 11) is 1.06. The number of amides is 1. The zero-order valence-electron chi connectivity index (χ0n) is 20.1. The molecule has 2 aliphatic rings. The van der Waals surface area contributed by atoms with E-state index >= 15 is 4.39 Å². The molecule has 2 aromatic rings. The molecule has 8 nitrogen and oxygen atoms in total.